The summed E-state index contributed by atoms with van der Waals surface area (Å²) in [7, 11) is 0. The molecule has 0 saturated heterocycles. The normalized spacial score (nSPS) is 11.0. The van der Waals surface area contributed by atoms with Crippen LogP contribution in [0.15, 0.2) is 22.6 Å². The van der Waals surface area contributed by atoms with Crippen molar-refractivity contribution in [3.05, 3.63) is 29.5 Å². The Bertz CT molecular complexity index is 460. The minimum absolute atomic E-state index is 0.227. The van der Waals surface area contributed by atoms with E-state index in [0.717, 1.165) is 16.5 Å². The molecule has 3 heteroatoms. The Kier molecular flexibility index (Phi) is 2.17. The molecular formula is C11H13NO2. The molecule has 14 heavy (non-hydrogen) atoms. The van der Waals surface area contributed by atoms with Crippen molar-refractivity contribution in [3.8, 4) is 5.75 Å². The van der Waals surface area contributed by atoms with Gasteiger partial charge in [0.15, 0.2) is 5.75 Å². The number of aryl methyl sites for hydroxylation is 1. The van der Waals surface area contributed by atoms with E-state index in [-0.39, 0.29) is 5.75 Å². The Morgan fingerprint density at radius 2 is 2.21 bits per heavy atom. The molecule has 0 amide bonds. The maximum absolute atomic E-state index is 9.76. The van der Waals surface area contributed by atoms with Crippen LogP contribution in [0.25, 0.3) is 11.0 Å². The first kappa shape index (κ1) is 9.09. The Labute approximate surface area is 82.1 Å². The molecule has 3 N–H and O–H groups in total. The smallest absolute Gasteiger partial charge is 0.165 e. The predicted octanol–water partition coefficient (Wildman–Crippen LogP) is 1.95. The van der Waals surface area contributed by atoms with Gasteiger partial charge in [0.1, 0.15) is 11.3 Å². The van der Waals surface area contributed by atoms with Crippen molar-refractivity contribution >= 4 is 11.0 Å². The van der Waals surface area contributed by atoms with E-state index in [2.05, 4.69) is 0 Å². The quantitative estimate of drug-likeness (QED) is 0.762. The fraction of sp³-hybridized carbons (Fsp3) is 0.273. The van der Waals surface area contributed by atoms with Gasteiger partial charge in [-0.15, -0.1) is 0 Å². The highest BCUT2D eigenvalue weighted by Gasteiger charge is 2.11. The van der Waals surface area contributed by atoms with E-state index in [0.29, 0.717) is 18.7 Å². The van der Waals surface area contributed by atoms with Crippen molar-refractivity contribution in [3.63, 3.8) is 0 Å². The van der Waals surface area contributed by atoms with Crippen molar-refractivity contribution < 1.29 is 9.52 Å². The molecule has 1 aromatic carbocycles. The summed E-state index contributed by atoms with van der Waals surface area (Å²) in [6, 6.07) is 5.72. The molecule has 0 saturated carbocycles. The fourth-order valence-electron chi connectivity index (χ4n) is 1.54. The topological polar surface area (TPSA) is 59.4 Å². The van der Waals surface area contributed by atoms with Gasteiger partial charge in [0.2, 0.25) is 0 Å². The highest BCUT2D eigenvalue weighted by atomic mass is 16.4. The highest BCUT2D eigenvalue weighted by Crippen LogP contribution is 2.32. The number of aromatic hydroxyl groups is 1. The first-order valence-corrected chi connectivity index (χ1v) is 4.63. The Balaban J connectivity index is 2.61. The minimum Gasteiger partial charge on any atom is -0.504 e. The molecule has 0 spiro atoms. The van der Waals surface area contributed by atoms with Crippen LogP contribution in [0.1, 0.15) is 11.3 Å². The number of fused-ring (bicyclic) bond motifs is 1. The summed E-state index contributed by atoms with van der Waals surface area (Å²) in [5, 5.41) is 10.5. The van der Waals surface area contributed by atoms with Crippen LogP contribution in [0.2, 0.25) is 0 Å². The third-order valence-corrected chi connectivity index (χ3v) is 2.26. The van der Waals surface area contributed by atoms with Crippen LogP contribution in [0.5, 0.6) is 5.75 Å². The molecule has 1 heterocycles. The van der Waals surface area contributed by atoms with E-state index < -0.39 is 0 Å². The molecule has 1 aromatic heterocycles. The van der Waals surface area contributed by atoms with Gasteiger partial charge in [0.05, 0.1) is 5.39 Å². The van der Waals surface area contributed by atoms with Crippen LogP contribution in [0.4, 0.5) is 0 Å². The van der Waals surface area contributed by atoms with E-state index in [4.69, 9.17) is 10.2 Å². The average Bonchev–Trinajstić information content (AvgIpc) is 2.44. The number of hydrogen-bond acceptors (Lipinski definition) is 3. The second-order valence-electron chi connectivity index (χ2n) is 3.41. The monoisotopic (exact) mass is 191 g/mol. The van der Waals surface area contributed by atoms with Crippen molar-refractivity contribution in [1.82, 2.24) is 0 Å². The third-order valence-electron chi connectivity index (χ3n) is 2.26. The van der Waals surface area contributed by atoms with Gasteiger partial charge in [-0.3, -0.25) is 0 Å². The van der Waals surface area contributed by atoms with Crippen molar-refractivity contribution in [2.75, 3.05) is 6.54 Å². The second kappa shape index (κ2) is 3.35. The maximum Gasteiger partial charge on any atom is 0.165 e. The van der Waals surface area contributed by atoms with Gasteiger partial charge in [0.25, 0.3) is 0 Å². The summed E-state index contributed by atoms with van der Waals surface area (Å²) in [5.74, 6) is 0.804. The lowest BCUT2D eigenvalue weighted by Crippen LogP contribution is -2.01. The third kappa shape index (κ3) is 1.36. The standard InChI is InChI=1S/C11H13NO2/c1-7-2-3-8-10(6-7)14-9(4-5-12)11(8)13/h2-3,6,13H,4-5,12H2,1H3. The summed E-state index contributed by atoms with van der Waals surface area (Å²) in [6.45, 7) is 2.47. The predicted molar refractivity (Wildman–Crippen MR) is 55.4 cm³/mol. The zero-order chi connectivity index (χ0) is 10.1. The van der Waals surface area contributed by atoms with E-state index in [9.17, 15) is 5.11 Å². The average molecular weight is 191 g/mol. The molecule has 0 bridgehead atoms. The lowest BCUT2D eigenvalue weighted by Gasteiger charge is -1.91. The molecule has 0 atom stereocenters. The Hall–Kier alpha value is -1.48. The maximum atomic E-state index is 9.76. The van der Waals surface area contributed by atoms with Gasteiger partial charge in [-0.05, 0) is 31.2 Å². The molecule has 0 fully saturated rings. The van der Waals surface area contributed by atoms with Crippen LogP contribution in [0.3, 0.4) is 0 Å². The van der Waals surface area contributed by atoms with Gasteiger partial charge < -0.3 is 15.3 Å². The molecule has 74 valence electrons. The SMILES string of the molecule is Cc1ccc2c(O)c(CCN)oc2c1. The summed E-state index contributed by atoms with van der Waals surface area (Å²) >= 11 is 0. The lowest BCUT2D eigenvalue weighted by atomic mass is 10.1. The molecule has 0 radical (unpaired) electrons. The second-order valence-corrected chi connectivity index (χ2v) is 3.41. The Morgan fingerprint density at radius 3 is 2.93 bits per heavy atom. The van der Waals surface area contributed by atoms with Crippen molar-refractivity contribution in [1.29, 1.82) is 0 Å². The first-order valence-electron chi connectivity index (χ1n) is 4.63. The van der Waals surface area contributed by atoms with Gasteiger partial charge in [-0.25, -0.2) is 0 Å². The van der Waals surface area contributed by atoms with Crippen LogP contribution < -0.4 is 5.73 Å². The first-order chi connectivity index (χ1) is 6.72. The van der Waals surface area contributed by atoms with Gasteiger partial charge >= 0.3 is 0 Å². The lowest BCUT2D eigenvalue weighted by molar-refractivity contribution is 0.441. The summed E-state index contributed by atoms with van der Waals surface area (Å²) in [5.41, 5.74) is 7.25. The molecule has 0 aliphatic heterocycles. The number of rotatable bonds is 2. The van der Waals surface area contributed by atoms with Crippen LogP contribution in [-0.2, 0) is 6.42 Å². The van der Waals surface area contributed by atoms with E-state index in [1.165, 1.54) is 0 Å². The van der Waals surface area contributed by atoms with Crippen molar-refractivity contribution in [2.45, 2.75) is 13.3 Å². The number of furan rings is 1. The largest absolute Gasteiger partial charge is 0.504 e. The van der Waals surface area contributed by atoms with Crippen LogP contribution in [0, 0.1) is 6.92 Å². The van der Waals surface area contributed by atoms with Crippen LogP contribution in [-0.4, -0.2) is 11.7 Å². The molecule has 0 unspecified atom stereocenters. The Morgan fingerprint density at radius 1 is 1.43 bits per heavy atom. The van der Waals surface area contributed by atoms with Crippen molar-refractivity contribution in [2.24, 2.45) is 5.73 Å². The molecule has 2 aromatic rings. The summed E-state index contributed by atoms with van der Waals surface area (Å²) < 4.78 is 5.49. The van der Waals surface area contributed by atoms with E-state index in [1.54, 1.807) is 0 Å². The number of nitrogens with two attached hydrogens (primary N) is 1. The summed E-state index contributed by atoms with van der Waals surface area (Å²) in [6.07, 6.45) is 0.569. The molecular weight excluding hydrogens is 178 g/mol. The van der Waals surface area contributed by atoms with Gasteiger partial charge in [0, 0.05) is 6.42 Å². The summed E-state index contributed by atoms with van der Waals surface area (Å²) in [4.78, 5) is 0. The van der Waals surface area contributed by atoms with Gasteiger partial charge in [-0.1, -0.05) is 6.07 Å². The van der Waals surface area contributed by atoms with E-state index in [1.807, 2.05) is 25.1 Å². The molecule has 0 aliphatic carbocycles. The molecule has 3 nitrogen and oxygen atoms in total. The zero-order valence-corrected chi connectivity index (χ0v) is 8.08. The number of hydrogen-bond donors (Lipinski definition) is 2. The molecule has 2 rings (SSSR count). The van der Waals surface area contributed by atoms with E-state index >= 15 is 0 Å². The van der Waals surface area contributed by atoms with Gasteiger partial charge in [-0.2, -0.15) is 0 Å². The number of benzene rings is 1. The van der Waals surface area contributed by atoms with Crippen LogP contribution >= 0.6 is 0 Å². The molecule has 0 aliphatic rings. The minimum atomic E-state index is 0.227. The fourth-order valence-corrected chi connectivity index (χ4v) is 1.54. The highest BCUT2D eigenvalue weighted by molar-refractivity contribution is 5.85. The zero-order valence-electron chi connectivity index (χ0n) is 8.08.